The molecule has 1 aliphatic heterocycles. The lowest BCUT2D eigenvalue weighted by molar-refractivity contribution is 0.145. The van der Waals surface area contributed by atoms with Gasteiger partial charge in [-0.25, -0.2) is 4.79 Å². The van der Waals surface area contributed by atoms with Crippen molar-refractivity contribution < 1.29 is 14.3 Å². The lowest BCUT2D eigenvalue weighted by Crippen LogP contribution is -2.37. The first-order chi connectivity index (χ1) is 15.0. The zero-order chi connectivity index (χ0) is 21.4. The van der Waals surface area contributed by atoms with Crippen LogP contribution in [0.25, 0.3) is 10.8 Å². The first-order valence-electron chi connectivity index (χ1n) is 10.9. The van der Waals surface area contributed by atoms with Crippen molar-refractivity contribution in [2.45, 2.75) is 50.2 Å². The van der Waals surface area contributed by atoms with Gasteiger partial charge < -0.3 is 14.8 Å². The maximum absolute atomic E-state index is 11.5. The molecule has 1 atom stereocenters. The van der Waals surface area contributed by atoms with Crippen LogP contribution in [0.5, 0.6) is 5.75 Å². The zero-order valence-corrected chi connectivity index (χ0v) is 19.7. The van der Waals surface area contributed by atoms with E-state index in [1.54, 1.807) is 0 Å². The predicted molar refractivity (Wildman–Crippen MR) is 131 cm³/mol. The molecule has 1 saturated heterocycles. The van der Waals surface area contributed by atoms with Crippen LogP contribution in [-0.4, -0.2) is 18.8 Å². The summed E-state index contributed by atoms with van der Waals surface area (Å²) >= 11 is 2.40. The molecule has 4 nitrogen and oxygen atoms in total. The Balaban J connectivity index is 1.30. The van der Waals surface area contributed by atoms with Crippen molar-refractivity contribution in [3.63, 3.8) is 0 Å². The molecule has 2 aliphatic rings. The van der Waals surface area contributed by atoms with Gasteiger partial charge in [0.15, 0.2) is 0 Å². The number of cyclic esters (lactones) is 1. The second-order valence-electron chi connectivity index (χ2n) is 8.85. The Labute approximate surface area is 196 Å². The Morgan fingerprint density at radius 2 is 1.81 bits per heavy atom. The van der Waals surface area contributed by atoms with Crippen LogP contribution in [-0.2, 0) is 10.3 Å². The minimum absolute atomic E-state index is 0.273. The molecule has 3 aromatic carbocycles. The topological polar surface area (TPSA) is 47.6 Å². The van der Waals surface area contributed by atoms with Crippen molar-refractivity contribution in [2.75, 3.05) is 6.61 Å². The Hall–Kier alpha value is -2.28. The van der Waals surface area contributed by atoms with Crippen LogP contribution < -0.4 is 10.1 Å². The second-order valence-corrected chi connectivity index (χ2v) is 9.93. The van der Waals surface area contributed by atoms with Gasteiger partial charge >= 0.3 is 6.09 Å². The number of amides is 1. The monoisotopic (exact) mass is 527 g/mol. The molecule has 1 N–H and O–H groups in total. The number of alkyl carbamates (subject to hydrolysis) is 1. The van der Waals surface area contributed by atoms with Crippen LogP contribution in [0.2, 0.25) is 0 Å². The number of halogens is 1. The van der Waals surface area contributed by atoms with Gasteiger partial charge in [0.05, 0.1) is 15.2 Å². The van der Waals surface area contributed by atoms with Gasteiger partial charge in [-0.2, -0.15) is 0 Å². The van der Waals surface area contributed by atoms with Gasteiger partial charge in [0, 0.05) is 0 Å². The molecular formula is C26H26INO3. The maximum atomic E-state index is 11.5. The fourth-order valence-corrected chi connectivity index (χ4v) is 5.59. The fraction of sp³-hybridized carbons (Fsp3) is 0.346. The van der Waals surface area contributed by atoms with Crippen LogP contribution in [0.15, 0.2) is 60.7 Å². The van der Waals surface area contributed by atoms with Crippen molar-refractivity contribution in [3.05, 3.63) is 75.4 Å². The van der Waals surface area contributed by atoms with Gasteiger partial charge in [0.25, 0.3) is 0 Å². The van der Waals surface area contributed by atoms with Crippen molar-refractivity contribution in [3.8, 4) is 5.75 Å². The van der Waals surface area contributed by atoms with Crippen molar-refractivity contribution in [1.82, 2.24) is 5.32 Å². The van der Waals surface area contributed by atoms with Crippen LogP contribution in [0.1, 0.15) is 49.7 Å². The van der Waals surface area contributed by atoms with E-state index in [0.717, 1.165) is 33.1 Å². The van der Waals surface area contributed by atoms with Gasteiger partial charge in [-0.1, -0.05) is 48.5 Å². The van der Waals surface area contributed by atoms with E-state index in [-0.39, 0.29) is 12.2 Å². The lowest BCUT2D eigenvalue weighted by atomic mass is 9.83. The summed E-state index contributed by atoms with van der Waals surface area (Å²) in [4.78, 5) is 11.5. The molecule has 1 amide bonds. The minimum atomic E-state index is -0.483. The Morgan fingerprint density at radius 3 is 2.52 bits per heavy atom. The van der Waals surface area contributed by atoms with E-state index in [9.17, 15) is 4.79 Å². The third-order valence-electron chi connectivity index (χ3n) is 6.66. The van der Waals surface area contributed by atoms with Gasteiger partial charge in [-0.05, 0) is 95.1 Å². The fourth-order valence-electron chi connectivity index (χ4n) is 4.79. The summed E-state index contributed by atoms with van der Waals surface area (Å²) in [6.07, 6.45) is 4.44. The number of nitrogens with one attached hydrogen (secondary N) is 1. The first-order valence-corrected chi connectivity index (χ1v) is 12.0. The molecule has 160 valence electrons. The highest BCUT2D eigenvalue weighted by Gasteiger charge is 2.36. The van der Waals surface area contributed by atoms with Crippen molar-refractivity contribution in [1.29, 1.82) is 0 Å². The lowest BCUT2D eigenvalue weighted by Gasteiger charge is -2.29. The molecule has 0 radical (unpaired) electrons. The smallest absolute Gasteiger partial charge is 0.408 e. The summed E-state index contributed by atoms with van der Waals surface area (Å²) in [6.45, 7) is 2.34. The molecule has 1 heterocycles. The molecule has 5 heteroatoms. The van der Waals surface area contributed by atoms with Crippen LogP contribution in [0, 0.1) is 3.57 Å². The number of hydrogen-bond acceptors (Lipinski definition) is 3. The van der Waals surface area contributed by atoms with Crippen molar-refractivity contribution in [2.24, 2.45) is 0 Å². The summed E-state index contributed by atoms with van der Waals surface area (Å²) in [6, 6.07) is 21.4. The highest BCUT2D eigenvalue weighted by Crippen LogP contribution is 2.37. The van der Waals surface area contributed by atoms with E-state index in [4.69, 9.17) is 9.47 Å². The SMILES string of the molecule is C[C@@]1(c2ccc3c(I)c(O[C@H]4CC[C@@H](c5ccccc5)CC4)ccc3c2)COC(=O)N1. The average molecular weight is 527 g/mol. The molecular weight excluding hydrogens is 501 g/mol. The van der Waals surface area contributed by atoms with Crippen LogP contribution in [0.4, 0.5) is 4.79 Å². The Bertz CT molecular complexity index is 1110. The molecule has 0 unspecified atom stereocenters. The number of hydrogen-bond donors (Lipinski definition) is 1. The van der Waals surface area contributed by atoms with E-state index >= 15 is 0 Å². The van der Waals surface area contributed by atoms with E-state index < -0.39 is 5.54 Å². The average Bonchev–Trinajstić information content (AvgIpc) is 3.16. The van der Waals surface area contributed by atoms with E-state index in [1.165, 1.54) is 23.8 Å². The third kappa shape index (κ3) is 4.12. The van der Waals surface area contributed by atoms with E-state index in [2.05, 4.69) is 88.6 Å². The normalized spacial score (nSPS) is 25.8. The molecule has 3 aromatic rings. The molecule has 5 rings (SSSR count). The standard InChI is InChI=1S/C26H26INO3/c1-26(16-30-25(29)28-26)20-10-13-22-19(15-20)9-14-23(24(22)27)31-21-11-7-18(8-12-21)17-5-3-2-4-6-17/h2-6,9-10,13-15,18,21H,7-8,11-12,16H2,1H3,(H,28,29)/t18-,21+,26-/m0/s1. The molecule has 0 bridgehead atoms. The molecule has 0 spiro atoms. The quantitative estimate of drug-likeness (QED) is 0.394. The van der Waals surface area contributed by atoms with Crippen LogP contribution >= 0.6 is 22.6 Å². The predicted octanol–water partition coefficient (Wildman–Crippen LogP) is 6.50. The molecule has 2 fully saturated rings. The van der Waals surface area contributed by atoms with Crippen molar-refractivity contribution >= 4 is 39.5 Å². The molecule has 1 aliphatic carbocycles. The zero-order valence-electron chi connectivity index (χ0n) is 17.6. The summed E-state index contributed by atoms with van der Waals surface area (Å²) in [7, 11) is 0. The van der Waals surface area contributed by atoms with E-state index in [1.807, 2.05) is 6.92 Å². The highest BCUT2D eigenvalue weighted by molar-refractivity contribution is 14.1. The van der Waals surface area contributed by atoms with Gasteiger partial charge in [0.1, 0.15) is 12.4 Å². The first kappa shape index (κ1) is 20.6. The Morgan fingerprint density at radius 1 is 1.03 bits per heavy atom. The molecule has 31 heavy (non-hydrogen) atoms. The van der Waals surface area contributed by atoms with Gasteiger partial charge in [0.2, 0.25) is 0 Å². The second kappa shape index (κ2) is 8.34. The minimum Gasteiger partial charge on any atom is -0.489 e. The number of benzene rings is 3. The largest absolute Gasteiger partial charge is 0.489 e. The maximum Gasteiger partial charge on any atom is 0.408 e. The summed E-state index contributed by atoms with van der Waals surface area (Å²) in [5.74, 6) is 1.62. The number of carbonyl (C=O) groups excluding carboxylic acids is 1. The van der Waals surface area contributed by atoms with Gasteiger partial charge in [-0.15, -0.1) is 0 Å². The number of ether oxygens (including phenoxy) is 2. The van der Waals surface area contributed by atoms with Crippen LogP contribution in [0.3, 0.4) is 0 Å². The summed E-state index contributed by atoms with van der Waals surface area (Å²) in [5, 5.41) is 5.24. The molecule has 0 aromatic heterocycles. The number of carbonyl (C=O) groups is 1. The molecule has 1 saturated carbocycles. The third-order valence-corrected chi connectivity index (χ3v) is 7.78. The Kier molecular flexibility index (Phi) is 5.54. The number of rotatable bonds is 4. The summed E-state index contributed by atoms with van der Waals surface area (Å²) < 4.78 is 12.7. The number of fused-ring (bicyclic) bond motifs is 1. The summed E-state index contributed by atoms with van der Waals surface area (Å²) in [5.41, 5.74) is 2.02. The van der Waals surface area contributed by atoms with E-state index in [0.29, 0.717) is 12.5 Å². The van der Waals surface area contributed by atoms with Gasteiger partial charge in [-0.3, -0.25) is 0 Å². The highest BCUT2D eigenvalue weighted by atomic mass is 127.